The van der Waals surface area contributed by atoms with Gasteiger partial charge in [-0.1, -0.05) is 72.8 Å². The van der Waals surface area contributed by atoms with E-state index in [4.69, 9.17) is 13.9 Å². The number of nitrogens with one attached hydrogen (secondary N) is 1. The van der Waals surface area contributed by atoms with Crippen molar-refractivity contribution < 1.29 is 33.0 Å². The topological polar surface area (TPSA) is 98.0 Å². The maximum atomic E-state index is 14.9. The summed E-state index contributed by atoms with van der Waals surface area (Å²) in [5.74, 6) is -1.77. The molecule has 0 radical (unpaired) electrons. The van der Waals surface area contributed by atoms with Gasteiger partial charge in [0.1, 0.15) is 22.6 Å². The van der Waals surface area contributed by atoms with E-state index in [1.54, 1.807) is 32.9 Å². The number of aliphatic carboxylic acids is 1. The molecule has 0 fully saturated rings. The second-order valence-corrected chi connectivity index (χ2v) is 10.7. The van der Waals surface area contributed by atoms with E-state index in [9.17, 15) is 19.1 Å². The minimum Gasteiger partial charge on any atom is -0.480 e. The van der Waals surface area contributed by atoms with Gasteiger partial charge < -0.3 is 24.3 Å². The molecule has 0 spiro atoms. The average molecular weight is 556 g/mol. The molecule has 7 nitrogen and oxygen atoms in total. The zero-order valence-electron chi connectivity index (χ0n) is 22.9. The first-order valence-corrected chi connectivity index (χ1v) is 13.2. The van der Waals surface area contributed by atoms with E-state index in [0.717, 1.165) is 38.6 Å². The Bertz CT molecular complexity index is 1720. The minimum absolute atomic E-state index is 0.160. The molecule has 0 saturated heterocycles. The van der Waals surface area contributed by atoms with Crippen LogP contribution in [0.25, 0.3) is 44.2 Å². The summed E-state index contributed by atoms with van der Waals surface area (Å²) >= 11 is 0. The predicted molar refractivity (Wildman–Crippen MR) is 155 cm³/mol. The van der Waals surface area contributed by atoms with Crippen molar-refractivity contribution in [1.29, 1.82) is 0 Å². The van der Waals surface area contributed by atoms with Crippen LogP contribution in [0.3, 0.4) is 0 Å². The SMILES string of the molecule is CC(C)(C)OC(=O)NC(COCc1ccc(-c2ccc(-c3cccc4c3oc3ccccc34)cc2)cc1F)C(=O)O. The summed E-state index contributed by atoms with van der Waals surface area (Å²) in [6.45, 7) is 4.49. The van der Waals surface area contributed by atoms with Crippen LogP contribution in [-0.4, -0.2) is 35.4 Å². The Morgan fingerprint density at radius 3 is 2.29 bits per heavy atom. The Morgan fingerprint density at radius 2 is 1.59 bits per heavy atom. The highest BCUT2D eigenvalue weighted by Crippen LogP contribution is 2.36. The second kappa shape index (κ2) is 11.4. The molecule has 41 heavy (non-hydrogen) atoms. The maximum Gasteiger partial charge on any atom is 0.408 e. The van der Waals surface area contributed by atoms with Gasteiger partial charge in [0.25, 0.3) is 0 Å². The molecule has 5 rings (SSSR count). The summed E-state index contributed by atoms with van der Waals surface area (Å²) in [6.07, 6.45) is -0.871. The van der Waals surface area contributed by atoms with E-state index in [0.29, 0.717) is 5.56 Å². The Morgan fingerprint density at radius 1 is 0.902 bits per heavy atom. The van der Waals surface area contributed by atoms with Crippen molar-refractivity contribution >= 4 is 34.0 Å². The summed E-state index contributed by atoms with van der Waals surface area (Å²) in [4.78, 5) is 23.4. The lowest BCUT2D eigenvalue weighted by Gasteiger charge is -2.22. The molecule has 1 aromatic heterocycles. The van der Waals surface area contributed by atoms with Gasteiger partial charge in [0.05, 0.1) is 13.2 Å². The van der Waals surface area contributed by atoms with E-state index < -0.39 is 29.5 Å². The van der Waals surface area contributed by atoms with Gasteiger partial charge in [-0.2, -0.15) is 0 Å². The Hall–Kier alpha value is -4.69. The molecule has 0 aliphatic rings. The average Bonchev–Trinajstić information content (AvgIpc) is 3.31. The monoisotopic (exact) mass is 555 g/mol. The first-order valence-electron chi connectivity index (χ1n) is 13.2. The third-order valence-electron chi connectivity index (χ3n) is 6.52. The predicted octanol–water partition coefficient (Wildman–Crippen LogP) is 7.55. The number of alkyl carbamates (subject to hydrolysis) is 1. The van der Waals surface area contributed by atoms with Crippen molar-refractivity contribution in [2.75, 3.05) is 6.61 Å². The fraction of sp³-hybridized carbons (Fsp3) is 0.212. The molecule has 1 unspecified atom stereocenters. The zero-order valence-corrected chi connectivity index (χ0v) is 22.9. The van der Waals surface area contributed by atoms with E-state index >= 15 is 0 Å². The van der Waals surface area contributed by atoms with Gasteiger partial charge in [-0.05, 0) is 49.6 Å². The van der Waals surface area contributed by atoms with Crippen LogP contribution in [-0.2, 0) is 20.9 Å². The van der Waals surface area contributed by atoms with Gasteiger partial charge >= 0.3 is 12.1 Å². The molecule has 2 N–H and O–H groups in total. The standard InChI is InChI=1S/C33H30FNO6/c1-33(2,3)41-32(38)35-28(31(36)37)19-39-18-23-16-15-22(17-27(23)34)20-11-13-21(14-12-20)24-8-6-9-26-25-7-4-5-10-29(25)40-30(24)26/h4-17,28H,18-19H2,1-3H3,(H,35,38)(H,36,37). The van der Waals surface area contributed by atoms with Crippen molar-refractivity contribution in [2.24, 2.45) is 0 Å². The number of benzene rings is 4. The third kappa shape index (κ3) is 6.39. The van der Waals surface area contributed by atoms with Crippen molar-refractivity contribution in [3.05, 3.63) is 96.3 Å². The number of hydrogen-bond donors (Lipinski definition) is 2. The number of amides is 1. The number of hydrogen-bond acceptors (Lipinski definition) is 5. The van der Waals surface area contributed by atoms with Crippen LogP contribution in [0.2, 0.25) is 0 Å². The molecule has 4 aromatic carbocycles. The molecular weight excluding hydrogens is 525 g/mol. The van der Waals surface area contributed by atoms with Crippen LogP contribution in [0.4, 0.5) is 9.18 Å². The van der Waals surface area contributed by atoms with Gasteiger partial charge in [-0.15, -0.1) is 0 Å². The van der Waals surface area contributed by atoms with E-state index in [1.165, 1.54) is 6.07 Å². The van der Waals surface area contributed by atoms with E-state index in [2.05, 4.69) is 5.32 Å². The van der Waals surface area contributed by atoms with E-state index in [-0.39, 0.29) is 18.8 Å². The van der Waals surface area contributed by atoms with Crippen LogP contribution in [0, 0.1) is 5.82 Å². The van der Waals surface area contributed by atoms with Crippen molar-refractivity contribution in [3.8, 4) is 22.3 Å². The number of ether oxygens (including phenoxy) is 2. The zero-order chi connectivity index (χ0) is 29.1. The number of rotatable bonds is 8. The van der Waals surface area contributed by atoms with Crippen molar-refractivity contribution in [2.45, 2.75) is 39.0 Å². The maximum absolute atomic E-state index is 14.9. The number of carbonyl (C=O) groups is 2. The lowest BCUT2D eigenvalue weighted by Crippen LogP contribution is -2.46. The number of para-hydroxylation sites is 2. The Balaban J connectivity index is 1.26. The first kappa shape index (κ1) is 27.9. The molecule has 0 bridgehead atoms. The normalized spacial score (nSPS) is 12.4. The molecule has 0 aliphatic heterocycles. The van der Waals surface area contributed by atoms with Gasteiger partial charge in [0.15, 0.2) is 6.04 Å². The molecule has 5 aromatic rings. The largest absolute Gasteiger partial charge is 0.480 e. The highest BCUT2D eigenvalue weighted by atomic mass is 19.1. The van der Waals surface area contributed by atoms with Crippen molar-refractivity contribution in [1.82, 2.24) is 5.32 Å². The molecule has 8 heteroatoms. The van der Waals surface area contributed by atoms with Crippen LogP contribution in [0.5, 0.6) is 0 Å². The molecular formula is C33H30FNO6. The van der Waals surface area contributed by atoms with Crippen LogP contribution >= 0.6 is 0 Å². The number of carboxylic acid groups (broad SMARTS) is 1. The smallest absolute Gasteiger partial charge is 0.408 e. The summed E-state index contributed by atoms with van der Waals surface area (Å²) in [7, 11) is 0. The van der Waals surface area contributed by atoms with Gasteiger partial charge in [-0.25, -0.2) is 14.0 Å². The highest BCUT2D eigenvalue weighted by Gasteiger charge is 2.24. The number of furan rings is 1. The van der Waals surface area contributed by atoms with Crippen molar-refractivity contribution in [3.63, 3.8) is 0 Å². The second-order valence-electron chi connectivity index (χ2n) is 10.7. The molecule has 0 aliphatic carbocycles. The number of carboxylic acids is 1. The van der Waals surface area contributed by atoms with Crippen LogP contribution < -0.4 is 5.32 Å². The molecule has 1 atom stereocenters. The van der Waals surface area contributed by atoms with Crippen LogP contribution in [0.15, 0.2) is 89.3 Å². The number of fused-ring (bicyclic) bond motifs is 3. The molecule has 1 amide bonds. The lowest BCUT2D eigenvalue weighted by molar-refractivity contribution is -0.141. The summed E-state index contributed by atoms with van der Waals surface area (Å²) in [5.41, 5.74) is 4.64. The highest BCUT2D eigenvalue weighted by molar-refractivity contribution is 6.09. The fourth-order valence-corrected chi connectivity index (χ4v) is 4.57. The lowest BCUT2D eigenvalue weighted by atomic mass is 9.98. The third-order valence-corrected chi connectivity index (χ3v) is 6.52. The minimum atomic E-state index is -1.34. The molecule has 1 heterocycles. The summed E-state index contributed by atoms with van der Waals surface area (Å²) in [6, 6.07) is 25.3. The quantitative estimate of drug-likeness (QED) is 0.205. The molecule has 210 valence electrons. The summed E-state index contributed by atoms with van der Waals surface area (Å²) < 4.78 is 31.6. The van der Waals surface area contributed by atoms with Gasteiger partial charge in [0.2, 0.25) is 0 Å². The van der Waals surface area contributed by atoms with Gasteiger partial charge in [-0.3, -0.25) is 0 Å². The van der Waals surface area contributed by atoms with Crippen LogP contribution in [0.1, 0.15) is 26.3 Å². The Labute approximate surface area is 236 Å². The number of halogens is 1. The molecule has 0 saturated carbocycles. The summed E-state index contributed by atoms with van der Waals surface area (Å²) in [5, 5.41) is 13.8. The van der Waals surface area contributed by atoms with Gasteiger partial charge in [0, 0.05) is 21.9 Å². The number of carbonyl (C=O) groups excluding carboxylic acids is 1. The van der Waals surface area contributed by atoms with E-state index in [1.807, 2.05) is 66.7 Å². The Kier molecular flexibility index (Phi) is 7.77. The first-order chi connectivity index (χ1) is 19.6. The fourth-order valence-electron chi connectivity index (χ4n) is 4.57.